The fourth-order valence-electron chi connectivity index (χ4n) is 1.53. The van der Waals surface area contributed by atoms with Crippen LogP contribution >= 0.6 is 11.8 Å². The van der Waals surface area contributed by atoms with Crippen LogP contribution in [0.3, 0.4) is 0 Å². The maximum atomic E-state index is 12.1. The van der Waals surface area contributed by atoms with E-state index in [2.05, 4.69) is 5.10 Å². The summed E-state index contributed by atoms with van der Waals surface area (Å²) in [5.74, 6) is -0.0608. The number of halogens is 3. The van der Waals surface area contributed by atoms with Gasteiger partial charge in [-0.15, -0.1) is 0 Å². The van der Waals surface area contributed by atoms with E-state index < -0.39 is 12.3 Å². The van der Waals surface area contributed by atoms with Gasteiger partial charge in [0.1, 0.15) is 0 Å². The number of hydrogen-bond acceptors (Lipinski definition) is 3. The third kappa shape index (κ3) is 4.01. The Morgan fingerprint density at radius 3 is 2.55 bits per heavy atom. The van der Waals surface area contributed by atoms with E-state index in [1.165, 1.54) is 0 Å². The first-order valence-electron chi connectivity index (χ1n) is 5.89. The van der Waals surface area contributed by atoms with Crippen LogP contribution in [0.4, 0.5) is 13.2 Å². The number of nitrogens with zero attached hydrogens (tertiary/aromatic N) is 2. The first-order chi connectivity index (χ1) is 9.47. The molecule has 1 aromatic heterocycles. The van der Waals surface area contributed by atoms with Gasteiger partial charge >= 0.3 is 6.18 Å². The Balaban J connectivity index is 1.88. The minimum absolute atomic E-state index is 0.326. The lowest BCUT2D eigenvalue weighted by atomic mass is 10.3. The van der Waals surface area contributed by atoms with Gasteiger partial charge in [-0.05, 0) is 18.2 Å². The highest BCUT2D eigenvalue weighted by Crippen LogP contribution is 2.24. The summed E-state index contributed by atoms with van der Waals surface area (Å²) in [4.78, 5) is 0. The zero-order valence-electron chi connectivity index (χ0n) is 10.4. The molecule has 1 atom stereocenters. The molecule has 20 heavy (non-hydrogen) atoms. The summed E-state index contributed by atoms with van der Waals surface area (Å²) >= 11 is 1.00. The highest BCUT2D eigenvalue weighted by Gasteiger charge is 2.37. The first kappa shape index (κ1) is 14.9. The summed E-state index contributed by atoms with van der Waals surface area (Å²) in [5, 5.41) is 13.1. The van der Waals surface area contributed by atoms with Crippen LogP contribution in [-0.2, 0) is 5.75 Å². The molecule has 0 fully saturated rings. The van der Waals surface area contributed by atoms with Crippen LogP contribution in [0, 0.1) is 0 Å². The predicted octanol–water partition coefficient (Wildman–Crippen LogP) is 3.03. The number of benzene rings is 1. The van der Waals surface area contributed by atoms with Crippen molar-refractivity contribution in [3.05, 3.63) is 48.3 Å². The molecule has 0 aliphatic heterocycles. The number of aliphatic hydroxyl groups excluding tert-OH is 1. The van der Waals surface area contributed by atoms with Crippen LogP contribution in [-0.4, -0.2) is 32.9 Å². The van der Waals surface area contributed by atoms with E-state index in [1.807, 2.05) is 30.3 Å². The molecule has 7 heteroatoms. The number of thioether (sulfide) groups is 1. The van der Waals surface area contributed by atoms with Gasteiger partial charge in [0.2, 0.25) is 0 Å². The Kier molecular flexibility index (Phi) is 4.72. The van der Waals surface area contributed by atoms with E-state index in [4.69, 9.17) is 5.11 Å². The topological polar surface area (TPSA) is 38.0 Å². The minimum atomic E-state index is -4.56. The number of alkyl halides is 3. The minimum Gasteiger partial charge on any atom is -0.383 e. The molecule has 0 aliphatic carbocycles. The van der Waals surface area contributed by atoms with Gasteiger partial charge in [0, 0.05) is 17.7 Å². The Bertz CT molecular complexity index is 542. The van der Waals surface area contributed by atoms with Crippen molar-refractivity contribution in [2.45, 2.75) is 18.0 Å². The molecule has 0 amide bonds. The van der Waals surface area contributed by atoms with Crippen LogP contribution in [0.5, 0.6) is 0 Å². The Morgan fingerprint density at radius 2 is 1.90 bits per heavy atom. The van der Waals surface area contributed by atoms with Crippen molar-refractivity contribution in [2.24, 2.45) is 0 Å². The van der Waals surface area contributed by atoms with Gasteiger partial charge in [-0.25, -0.2) is 4.68 Å². The van der Waals surface area contributed by atoms with E-state index in [0.29, 0.717) is 11.4 Å². The molecular formula is C13H13F3N2OS. The standard InChI is InChI=1S/C13H13F3N2OS/c14-13(15,16)12(19)9-20-8-10-6-7-18(17-10)11-4-2-1-3-5-11/h1-7,12,19H,8-9H2. The number of aromatic nitrogens is 2. The van der Waals surface area contributed by atoms with Crippen LogP contribution in [0.25, 0.3) is 5.69 Å². The summed E-state index contributed by atoms with van der Waals surface area (Å²) in [5.41, 5.74) is 1.56. The summed E-state index contributed by atoms with van der Waals surface area (Å²) in [6, 6.07) is 11.2. The van der Waals surface area contributed by atoms with Crippen LogP contribution in [0.2, 0.25) is 0 Å². The summed E-state index contributed by atoms with van der Waals surface area (Å²) < 4.78 is 38.0. The molecule has 1 heterocycles. The van der Waals surface area contributed by atoms with Crippen molar-refractivity contribution in [1.29, 1.82) is 0 Å². The molecule has 1 N–H and O–H groups in total. The van der Waals surface area contributed by atoms with Crippen LogP contribution < -0.4 is 0 Å². The van der Waals surface area contributed by atoms with Crippen molar-refractivity contribution < 1.29 is 18.3 Å². The van der Waals surface area contributed by atoms with Gasteiger partial charge in [-0.2, -0.15) is 30.0 Å². The van der Waals surface area contributed by atoms with Gasteiger partial charge in [0.05, 0.1) is 11.4 Å². The zero-order valence-corrected chi connectivity index (χ0v) is 11.2. The second-order valence-electron chi connectivity index (χ2n) is 4.16. The van der Waals surface area contributed by atoms with Gasteiger partial charge in [-0.3, -0.25) is 0 Å². The summed E-state index contributed by atoms with van der Waals surface area (Å²) in [6.07, 6.45) is -5.09. The fourth-order valence-corrected chi connectivity index (χ4v) is 2.43. The second kappa shape index (κ2) is 6.32. The third-order valence-corrected chi connectivity index (χ3v) is 3.62. The predicted molar refractivity (Wildman–Crippen MR) is 71.8 cm³/mol. The lowest BCUT2D eigenvalue weighted by molar-refractivity contribution is -0.195. The Labute approximate surface area is 118 Å². The molecule has 2 rings (SSSR count). The fraction of sp³-hybridized carbons (Fsp3) is 0.308. The maximum absolute atomic E-state index is 12.1. The van der Waals surface area contributed by atoms with Crippen molar-refractivity contribution in [3.8, 4) is 5.69 Å². The average Bonchev–Trinajstić information content (AvgIpc) is 2.87. The zero-order chi connectivity index (χ0) is 14.6. The molecule has 1 aromatic carbocycles. The lowest BCUT2D eigenvalue weighted by Crippen LogP contribution is -2.30. The Hall–Kier alpha value is -1.47. The van der Waals surface area contributed by atoms with E-state index in [-0.39, 0.29) is 5.75 Å². The van der Waals surface area contributed by atoms with Crippen molar-refractivity contribution in [2.75, 3.05) is 5.75 Å². The molecular weight excluding hydrogens is 289 g/mol. The SMILES string of the molecule is OC(CSCc1ccn(-c2ccccc2)n1)C(F)(F)F. The molecule has 2 aromatic rings. The summed E-state index contributed by atoms with van der Waals surface area (Å²) in [6.45, 7) is 0. The highest BCUT2D eigenvalue weighted by molar-refractivity contribution is 7.98. The molecule has 1 unspecified atom stereocenters. The molecule has 3 nitrogen and oxygen atoms in total. The molecule has 108 valence electrons. The molecule has 0 spiro atoms. The molecule has 0 bridgehead atoms. The molecule has 0 saturated heterocycles. The summed E-state index contributed by atoms with van der Waals surface area (Å²) in [7, 11) is 0. The molecule has 0 saturated carbocycles. The monoisotopic (exact) mass is 302 g/mol. The lowest BCUT2D eigenvalue weighted by Gasteiger charge is -2.13. The smallest absolute Gasteiger partial charge is 0.383 e. The quantitative estimate of drug-likeness (QED) is 0.922. The highest BCUT2D eigenvalue weighted by atomic mass is 32.2. The van der Waals surface area contributed by atoms with Crippen molar-refractivity contribution >= 4 is 11.8 Å². The maximum Gasteiger partial charge on any atom is 0.415 e. The van der Waals surface area contributed by atoms with Crippen LogP contribution in [0.1, 0.15) is 5.69 Å². The normalized spacial score (nSPS) is 13.4. The van der Waals surface area contributed by atoms with Crippen molar-refractivity contribution in [3.63, 3.8) is 0 Å². The number of hydrogen-bond donors (Lipinski definition) is 1. The number of rotatable bonds is 5. The average molecular weight is 302 g/mol. The molecule has 0 radical (unpaired) electrons. The van der Waals surface area contributed by atoms with Gasteiger partial charge < -0.3 is 5.11 Å². The third-order valence-electron chi connectivity index (χ3n) is 2.57. The van der Waals surface area contributed by atoms with Gasteiger partial charge in [0.15, 0.2) is 6.10 Å². The van der Waals surface area contributed by atoms with Gasteiger partial charge in [-0.1, -0.05) is 18.2 Å². The second-order valence-corrected chi connectivity index (χ2v) is 5.19. The van der Waals surface area contributed by atoms with Crippen molar-refractivity contribution in [1.82, 2.24) is 9.78 Å². The largest absolute Gasteiger partial charge is 0.415 e. The number of aliphatic hydroxyl groups is 1. The number of para-hydroxylation sites is 1. The van der Waals surface area contributed by atoms with Crippen LogP contribution in [0.15, 0.2) is 42.6 Å². The molecule has 0 aliphatic rings. The van der Waals surface area contributed by atoms with E-state index in [1.54, 1.807) is 16.9 Å². The van der Waals surface area contributed by atoms with E-state index >= 15 is 0 Å². The first-order valence-corrected chi connectivity index (χ1v) is 7.05. The van der Waals surface area contributed by atoms with E-state index in [9.17, 15) is 13.2 Å². The Morgan fingerprint density at radius 1 is 1.20 bits per heavy atom. The van der Waals surface area contributed by atoms with Gasteiger partial charge in [0.25, 0.3) is 0 Å². The van der Waals surface area contributed by atoms with E-state index in [0.717, 1.165) is 17.4 Å².